The Morgan fingerprint density at radius 3 is 3.00 bits per heavy atom. The standard InChI is InChI=1S/C11H10ClN3S/c1-4-6(2)13-9-8-5-7(3)16-10(8)15-11(12)14-9/h1,5-6H,2-3H3,(H,13,14,15). The highest BCUT2D eigenvalue weighted by atomic mass is 35.5. The molecule has 16 heavy (non-hydrogen) atoms. The molecule has 2 aromatic rings. The van der Waals surface area contributed by atoms with Gasteiger partial charge in [0.2, 0.25) is 5.28 Å². The van der Waals surface area contributed by atoms with Gasteiger partial charge in [-0.05, 0) is 31.5 Å². The highest BCUT2D eigenvalue weighted by molar-refractivity contribution is 7.18. The summed E-state index contributed by atoms with van der Waals surface area (Å²) in [6, 6.07) is 1.94. The summed E-state index contributed by atoms with van der Waals surface area (Å²) in [6.07, 6.45) is 5.32. The topological polar surface area (TPSA) is 37.8 Å². The summed E-state index contributed by atoms with van der Waals surface area (Å²) in [5, 5.41) is 4.33. The van der Waals surface area contributed by atoms with Crippen LogP contribution in [0.5, 0.6) is 0 Å². The first-order valence-electron chi connectivity index (χ1n) is 4.76. The molecule has 0 radical (unpaired) electrons. The Labute approximate surface area is 103 Å². The molecule has 0 fully saturated rings. The van der Waals surface area contributed by atoms with Crippen molar-refractivity contribution in [3.63, 3.8) is 0 Å². The van der Waals surface area contributed by atoms with Gasteiger partial charge in [0.1, 0.15) is 10.6 Å². The molecule has 2 aromatic heterocycles. The molecule has 0 aliphatic carbocycles. The third kappa shape index (κ3) is 2.11. The SMILES string of the molecule is C#CC(C)Nc1nc(Cl)nc2sc(C)cc12. The number of aromatic nitrogens is 2. The Morgan fingerprint density at radius 1 is 1.56 bits per heavy atom. The summed E-state index contributed by atoms with van der Waals surface area (Å²) in [5.41, 5.74) is 0. The van der Waals surface area contributed by atoms with Crippen LogP contribution >= 0.6 is 22.9 Å². The molecule has 1 N–H and O–H groups in total. The van der Waals surface area contributed by atoms with Gasteiger partial charge in [-0.1, -0.05) is 5.92 Å². The molecular formula is C11H10ClN3S. The fourth-order valence-corrected chi connectivity index (χ4v) is 2.47. The maximum Gasteiger partial charge on any atom is 0.225 e. The van der Waals surface area contributed by atoms with E-state index in [0.717, 1.165) is 10.2 Å². The van der Waals surface area contributed by atoms with Crippen molar-refractivity contribution in [3.05, 3.63) is 16.2 Å². The second-order valence-electron chi connectivity index (χ2n) is 3.45. The molecule has 0 amide bonds. The van der Waals surface area contributed by atoms with E-state index in [1.807, 2.05) is 19.9 Å². The van der Waals surface area contributed by atoms with E-state index in [9.17, 15) is 0 Å². The number of thiophene rings is 1. The molecule has 5 heteroatoms. The summed E-state index contributed by atoms with van der Waals surface area (Å²) in [4.78, 5) is 10.4. The number of hydrogen-bond donors (Lipinski definition) is 1. The number of nitrogens with one attached hydrogen (secondary N) is 1. The van der Waals surface area contributed by atoms with Crippen molar-refractivity contribution in [2.24, 2.45) is 0 Å². The van der Waals surface area contributed by atoms with Gasteiger partial charge in [-0.2, -0.15) is 0 Å². The van der Waals surface area contributed by atoms with Crippen LogP contribution in [0.2, 0.25) is 5.28 Å². The number of hydrogen-bond acceptors (Lipinski definition) is 4. The summed E-state index contributed by atoms with van der Waals surface area (Å²) in [7, 11) is 0. The highest BCUT2D eigenvalue weighted by Gasteiger charge is 2.10. The van der Waals surface area contributed by atoms with Crippen molar-refractivity contribution >= 4 is 39.0 Å². The van der Waals surface area contributed by atoms with E-state index in [1.54, 1.807) is 11.3 Å². The lowest BCUT2D eigenvalue weighted by molar-refractivity contribution is 1.01. The van der Waals surface area contributed by atoms with Gasteiger partial charge in [-0.3, -0.25) is 0 Å². The minimum atomic E-state index is -0.0885. The Morgan fingerprint density at radius 2 is 2.31 bits per heavy atom. The fraction of sp³-hybridized carbons (Fsp3) is 0.273. The van der Waals surface area contributed by atoms with E-state index in [-0.39, 0.29) is 11.3 Å². The molecule has 2 heterocycles. The summed E-state index contributed by atoms with van der Waals surface area (Å²) in [5.74, 6) is 3.29. The molecule has 0 aliphatic rings. The van der Waals surface area contributed by atoms with E-state index < -0.39 is 0 Å². The monoisotopic (exact) mass is 251 g/mol. The van der Waals surface area contributed by atoms with Crippen molar-refractivity contribution in [1.29, 1.82) is 0 Å². The zero-order valence-corrected chi connectivity index (χ0v) is 10.5. The Kier molecular flexibility index (Phi) is 2.99. The van der Waals surface area contributed by atoms with Crippen LogP contribution in [-0.2, 0) is 0 Å². The van der Waals surface area contributed by atoms with Crippen LogP contribution in [-0.4, -0.2) is 16.0 Å². The number of fused-ring (bicyclic) bond motifs is 1. The quantitative estimate of drug-likeness (QED) is 0.658. The third-order valence-corrected chi connectivity index (χ3v) is 3.21. The summed E-state index contributed by atoms with van der Waals surface area (Å²) >= 11 is 7.44. The van der Waals surface area contributed by atoms with Gasteiger partial charge >= 0.3 is 0 Å². The van der Waals surface area contributed by atoms with Crippen molar-refractivity contribution in [2.45, 2.75) is 19.9 Å². The lowest BCUT2D eigenvalue weighted by Crippen LogP contribution is -2.13. The van der Waals surface area contributed by atoms with Gasteiger partial charge in [0, 0.05) is 4.88 Å². The number of anilines is 1. The zero-order valence-electron chi connectivity index (χ0n) is 8.91. The van der Waals surface area contributed by atoms with Gasteiger partial charge in [-0.15, -0.1) is 17.8 Å². The number of rotatable bonds is 2. The smallest absolute Gasteiger partial charge is 0.225 e. The zero-order chi connectivity index (χ0) is 11.7. The van der Waals surface area contributed by atoms with Crippen LogP contribution in [0, 0.1) is 19.3 Å². The third-order valence-electron chi connectivity index (χ3n) is 2.09. The van der Waals surface area contributed by atoms with Crippen LogP contribution in [0.4, 0.5) is 5.82 Å². The van der Waals surface area contributed by atoms with Gasteiger partial charge < -0.3 is 5.32 Å². The van der Waals surface area contributed by atoms with E-state index in [2.05, 4.69) is 21.2 Å². The van der Waals surface area contributed by atoms with Crippen molar-refractivity contribution in [3.8, 4) is 12.3 Å². The van der Waals surface area contributed by atoms with E-state index >= 15 is 0 Å². The van der Waals surface area contributed by atoms with Crippen LogP contribution in [0.25, 0.3) is 10.2 Å². The second-order valence-corrected chi connectivity index (χ2v) is 5.02. The van der Waals surface area contributed by atoms with Crippen LogP contribution in [0.1, 0.15) is 11.8 Å². The van der Waals surface area contributed by atoms with E-state index in [4.69, 9.17) is 18.0 Å². The minimum Gasteiger partial charge on any atom is -0.356 e. The lowest BCUT2D eigenvalue weighted by Gasteiger charge is -2.09. The fourth-order valence-electron chi connectivity index (χ4n) is 1.37. The molecule has 0 bridgehead atoms. The van der Waals surface area contributed by atoms with E-state index in [1.165, 1.54) is 4.88 Å². The van der Waals surface area contributed by atoms with Gasteiger partial charge in [0.25, 0.3) is 0 Å². The van der Waals surface area contributed by atoms with Crippen molar-refractivity contribution in [1.82, 2.24) is 9.97 Å². The first-order valence-corrected chi connectivity index (χ1v) is 5.96. The minimum absolute atomic E-state index is 0.0885. The van der Waals surface area contributed by atoms with Gasteiger partial charge in [-0.25, -0.2) is 9.97 Å². The molecule has 0 aliphatic heterocycles. The molecular weight excluding hydrogens is 242 g/mol. The normalized spacial score (nSPS) is 12.4. The molecule has 0 aromatic carbocycles. The Hall–Kier alpha value is -1.31. The van der Waals surface area contributed by atoms with Gasteiger partial charge in [0.15, 0.2) is 0 Å². The van der Waals surface area contributed by atoms with E-state index in [0.29, 0.717) is 5.82 Å². The number of terminal acetylenes is 1. The second kappa shape index (κ2) is 4.28. The molecule has 3 nitrogen and oxygen atoms in total. The number of aryl methyl sites for hydroxylation is 1. The maximum atomic E-state index is 5.85. The molecule has 1 atom stereocenters. The molecule has 82 valence electrons. The van der Waals surface area contributed by atoms with Crippen molar-refractivity contribution < 1.29 is 0 Å². The number of nitrogens with zero attached hydrogens (tertiary/aromatic N) is 2. The average Bonchev–Trinajstić information content (AvgIpc) is 2.58. The lowest BCUT2D eigenvalue weighted by atomic mass is 10.3. The maximum absolute atomic E-state index is 5.85. The van der Waals surface area contributed by atoms with Crippen molar-refractivity contribution in [2.75, 3.05) is 5.32 Å². The predicted octanol–water partition coefficient (Wildman–Crippen LogP) is 3.09. The van der Waals surface area contributed by atoms with Gasteiger partial charge in [0.05, 0.1) is 11.4 Å². The molecule has 1 unspecified atom stereocenters. The molecule has 2 rings (SSSR count). The molecule has 0 saturated heterocycles. The van der Waals surface area contributed by atoms with Crippen LogP contribution in [0.15, 0.2) is 6.07 Å². The first-order chi connectivity index (χ1) is 7.60. The average molecular weight is 252 g/mol. The van der Waals surface area contributed by atoms with Crippen LogP contribution in [0.3, 0.4) is 0 Å². The molecule has 0 saturated carbocycles. The highest BCUT2D eigenvalue weighted by Crippen LogP contribution is 2.29. The largest absolute Gasteiger partial charge is 0.356 e. The Balaban J connectivity index is 2.54. The summed E-state index contributed by atoms with van der Waals surface area (Å²) in [6.45, 7) is 3.91. The molecule has 0 spiro atoms. The first kappa shape index (κ1) is 11.2. The number of halogens is 1. The Bertz CT molecular complexity index is 570. The summed E-state index contributed by atoms with van der Waals surface area (Å²) < 4.78 is 0. The van der Waals surface area contributed by atoms with Crippen LogP contribution < -0.4 is 5.32 Å². The predicted molar refractivity (Wildman–Crippen MR) is 69.1 cm³/mol.